The smallest absolute Gasteiger partial charge is 0.174 e. The number of ether oxygens (including phenoxy) is 2. The number of halogens is 1. The normalized spacial score (nSPS) is 22.0. The van der Waals surface area contributed by atoms with E-state index in [2.05, 4.69) is 61.7 Å². The van der Waals surface area contributed by atoms with Crippen LogP contribution in [0.2, 0.25) is 0 Å². The predicted octanol–water partition coefficient (Wildman–Crippen LogP) is 6.06. The summed E-state index contributed by atoms with van der Waals surface area (Å²) in [4.78, 5) is 27.0. The van der Waals surface area contributed by atoms with Crippen LogP contribution in [0.3, 0.4) is 0 Å². The van der Waals surface area contributed by atoms with Crippen molar-refractivity contribution in [3.8, 4) is 11.5 Å². The van der Waals surface area contributed by atoms with Crippen LogP contribution in [0.25, 0.3) is 0 Å². The number of hydrogen-bond donors (Lipinski definition) is 1. The lowest BCUT2D eigenvalue weighted by molar-refractivity contribution is -0.119. The van der Waals surface area contributed by atoms with Gasteiger partial charge in [0.05, 0.1) is 16.8 Å². The van der Waals surface area contributed by atoms with E-state index in [4.69, 9.17) is 9.47 Å². The third kappa shape index (κ3) is 4.60. The molecule has 1 aromatic rings. The lowest BCUT2D eigenvalue weighted by Gasteiger charge is -2.44. The molecule has 2 aliphatic carbocycles. The summed E-state index contributed by atoms with van der Waals surface area (Å²) < 4.78 is 12.7. The van der Waals surface area contributed by atoms with Gasteiger partial charge in [0.1, 0.15) is 0 Å². The largest absolute Gasteiger partial charge is 0.490 e. The predicted molar refractivity (Wildman–Crippen MR) is 137 cm³/mol. The molecular formula is C27H34INO4. The van der Waals surface area contributed by atoms with Crippen LogP contribution in [0.5, 0.6) is 11.5 Å². The maximum absolute atomic E-state index is 13.5. The molecule has 0 bridgehead atoms. The Morgan fingerprint density at radius 2 is 1.39 bits per heavy atom. The van der Waals surface area contributed by atoms with Gasteiger partial charge in [0.25, 0.3) is 0 Å². The van der Waals surface area contributed by atoms with Gasteiger partial charge in [-0.2, -0.15) is 0 Å². The first-order chi connectivity index (χ1) is 15.5. The van der Waals surface area contributed by atoms with Crippen molar-refractivity contribution in [1.82, 2.24) is 5.32 Å². The summed E-state index contributed by atoms with van der Waals surface area (Å²) in [5.41, 5.74) is 4.17. The van der Waals surface area contributed by atoms with Gasteiger partial charge in [-0.15, -0.1) is 0 Å². The van der Waals surface area contributed by atoms with E-state index in [9.17, 15) is 9.59 Å². The monoisotopic (exact) mass is 563 g/mol. The summed E-state index contributed by atoms with van der Waals surface area (Å²) in [6, 6.07) is 4.03. The zero-order chi connectivity index (χ0) is 24.1. The number of Topliss-reactive ketones (excluding diaryl/α,β-unsaturated/α-hetero) is 2. The molecule has 33 heavy (non-hydrogen) atoms. The Hall–Kier alpha value is -1.83. The topological polar surface area (TPSA) is 64.6 Å². The molecule has 0 amide bonds. The summed E-state index contributed by atoms with van der Waals surface area (Å²) in [6.07, 6.45) is 2.56. The average molecular weight is 563 g/mol. The second-order valence-electron chi connectivity index (χ2n) is 10.9. The molecule has 178 valence electrons. The second-order valence-corrected chi connectivity index (χ2v) is 12.1. The maximum atomic E-state index is 13.5. The van der Waals surface area contributed by atoms with Crippen molar-refractivity contribution in [3.63, 3.8) is 0 Å². The number of carbonyl (C=O) groups excluding carboxylic acids is 2. The Morgan fingerprint density at radius 3 is 1.88 bits per heavy atom. The van der Waals surface area contributed by atoms with Crippen LogP contribution < -0.4 is 14.8 Å². The minimum absolute atomic E-state index is 0.108. The molecule has 3 aliphatic rings. The van der Waals surface area contributed by atoms with Crippen molar-refractivity contribution in [2.75, 3.05) is 13.2 Å². The standard InChI is InChI=1S/C27H34INO4/c1-7-32-21-10-15(9-16(28)25(21)33-8-2)22-23-17(11-26(3,4)13-19(23)30)29-18-12-27(5,6)14-20(31)24(18)22/h9-10,22,29H,7-8,11-14H2,1-6H3. The number of rotatable bonds is 5. The lowest BCUT2D eigenvalue weighted by atomic mass is 9.64. The van der Waals surface area contributed by atoms with E-state index in [1.807, 2.05) is 19.9 Å². The summed E-state index contributed by atoms with van der Waals surface area (Å²) in [5, 5.41) is 3.57. The van der Waals surface area contributed by atoms with Crippen molar-refractivity contribution < 1.29 is 19.1 Å². The molecule has 0 saturated carbocycles. The Labute approximate surface area is 210 Å². The average Bonchev–Trinajstić information content (AvgIpc) is 2.67. The van der Waals surface area contributed by atoms with Crippen LogP contribution in [0, 0.1) is 14.4 Å². The SMILES string of the molecule is CCOc1cc(C2C3=C(CC(C)(C)CC3=O)NC3=C2C(=O)CC(C)(C)C3)cc(I)c1OCC. The Morgan fingerprint density at radius 1 is 0.879 bits per heavy atom. The van der Waals surface area contributed by atoms with Gasteiger partial charge in [-0.3, -0.25) is 9.59 Å². The number of nitrogens with one attached hydrogen (secondary N) is 1. The van der Waals surface area contributed by atoms with Gasteiger partial charge in [-0.25, -0.2) is 0 Å². The van der Waals surface area contributed by atoms with Gasteiger partial charge in [-0.05, 0) is 77.8 Å². The Kier molecular flexibility index (Phi) is 6.44. The maximum Gasteiger partial charge on any atom is 0.174 e. The molecule has 0 atom stereocenters. The molecule has 1 aliphatic heterocycles. The van der Waals surface area contributed by atoms with E-state index in [0.717, 1.165) is 44.5 Å². The van der Waals surface area contributed by atoms with Gasteiger partial charge in [-0.1, -0.05) is 27.7 Å². The summed E-state index contributed by atoms with van der Waals surface area (Å²) in [7, 11) is 0. The van der Waals surface area contributed by atoms with Gasteiger partial charge in [0.15, 0.2) is 23.1 Å². The number of carbonyl (C=O) groups is 2. The molecule has 1 heterocycles. The number of allylic oxidation sites excluding steroid dienone is 4. The fourth-order valence-electron chi connectivity index (χ4n) is 5.52. The van der Waals surface area contributed by atoms with E-state index < -0.39 is 0 Å². The highest BCUT2D eigenvalue weighted by molar-refractivity contribution is 14.1. The van der Waals surface area contributed by atoms with Gasteiger partial charge in [0.2, 0.25) is 0 Å². The van der Waals surface area contributed by atoms with Crippen molar-refractivity contribution in [3.05, 3.63) is 43.8 Å². The molecule has 0 fully saturated rings. The van der Waals surface area contributed by atoms with Crippen LogP contribution in [-0.2, 0) is 9.59 Å². The third-order valence-corrected chi connectivity index (χ3v) is 7.47. The molecule has 0 aromatic heterocycles. The van der Waals surface area contributed by atoms with Crippen LogP contribution in [0.1, 0.15) is 78.7 Å². The highest BCUT2D eigenvalue weighted by Gasteiger charge is 2.46. The quantitative estimate of drug-likeness (QED) is 0.442. The van der Waals surface area contributed by atoms with Crippen molar-refractivity contribution in [2.24, 2.45) is 10.8 Å². The fraction of sp³-hybridized carbons (Fsp3) is 0.556. The van der Waals surface area contributed by atoms with E-state index in [1.165, 1.54) is 0 Å². The Bertz CT molecular complexity index is 1030. The number of dihydropyridines is 1. The fourth-order valence-corrected chi connectivity index (χ4v) is 6.31. The number of hydrogen-bond acceptors (Lipinski definition) is 5. The van der Waals surface area contributed by atoms with Crippen LogP contribution in [0.15, 0.2) is 34.7 Å². The summed E-state index contributed by atoms with van der Waals surface area (Å²) in [6.45, 7) is 13.5. The molecule has 0 unspecified atom stereocenters. The molecule has 5 nitrogen and oxygen atoms in total. The second kappa shape index (κ2) is 8.75. The van der Waals surface area contributed by atoms with Crippen LogP contribution >= 0.6 is 22.6 Å². The minimum Gasteiger partial charge on any atom is -0.490 e. The van der Waals surface area contributed by atoms with E-state index >= 15 is 0 Å². The molecular weight excluding hydrogens is 529 g/mol. The highest BCUT2D eigenvalue weighted by atomic mass is 127. The van der Waals surface area contributed by atoms with Crippen molar-refractivity contribution in [2.45, 2.75) is 73.1 Å². The first-order valence-corrected chi connectivity index (χ1v) is 12.9. The molecule has 4 rings (SSSR count). The number of ketones is 2. The third-order valence-electron chi connectivity index (χ3n) is 6.67. The van der Waals surface area contributed by atoms with Gasteiger partial charge < -0.3 is 14.8 Å². The lowest BCUT2D eigenvalue weighted by Crippen LogP contribution is -2.42. The van der Waals surface area contributed by atoms with Gasteiger partial charge >= 0.3 is 0 Å². The molecule has 1 aromatic carbocycles. The first kappa shape index (κ1) is 24.3. The van der Waals surface area contributed by atoms with Crippen LogP contribution in [0.4, 0.5) is 0 Å². The van der Waals surface area contributed by atoms with E-state index in [1.54, 1.807) is 0 Å². The zero-order valence-electron chi connectivity index (χ0n) is 20.5. The first-order valence-electron chi connectivity index (χ1n) is 11.8. The van der Waals surface area contributed by atoms with E-state index in [0.29, 0.717) is 37.6 Å². The highest BCUT2D eigenvalue weighted by Crippen LogP contribution is 2.52. The molecule has 0 spiro atoms. The number of benzene rings is 1. The van der Waals surface area contributed by atoms with Gasteiger partial charge in [0, 0.05) is 41.3 Å². The van der Waals surface area contributed by atoms with Crippen molar-refractivity contribution >= 4 is 34.2 Å². The van der Waals surface area contributed by atoms with E-state index in [-0.39, 0.29) is 28.3 Å². The zero-order valence-corrected chi connectivity index (χ0v) is 22.6. The summed E-state index contributed by atoms with van der Waals surface area (Å²) >= 11 is 2.27. The Balaban J connectivity index is 1.93. The molecule has 0 radical (unpaired) electrons. The van der Waals surface area contributed by atoms with Crippen LogP contribution in [-0.4, -0.2) is 24.8 Å². The van der Waals surface area contributed by atoms with Crippen molar-refractivity contribution in [1.29, 1.82) is 0 Å². The summed E-state index contributed by atoms with van der Waals surface area (Å²) in [5.74, 6) is 1.27. The molecule has 6 heteroatoms. The minimum atomic E-state index is -0.369. The molecule has 0 saturated heterocycles. The molecule has 1 N–H and O–H groups in total.